The highest BCUT2D eigenvalue weighted by molar-refractivity contribution is 6.64. The molecule has 2 aromatic rings. The van der Waals surface area contributed by atoms with Crippen molar-refractivity contribution in [1.82, 2.24) is 0 Å². The van der Waals surface area contributed by atoms with E-state index in [0.717, 1.165) is 17.0 Å². The van der Waals surface area contributed by atoms with Crippen molar-refractivity contribution in [2.45, 2.75) is 20.8 Å². The first kappa shape index (κ1) is 11.2. The van der Waals surface area contributed by atoms with Crippen LogP contribution >= 0.6 is 0 Å². The van der Waals surface area contributed by atoms with Gasteiger partial charge >= 0.3 is 7.12 Å². The molecule has 0 amide bonds. The summed E-state index contributed by atoms with van der Waals surface area (Å²) in [6.07, 6.45) is 0. The first-order valence-corrected chi connectivity index (χ1v) is 6.15. The van der Waals surface area contributed by atoms with Gasteiger partial charge in [0.1, 0.15) is 11.5 Å². The van der Waals surface area contributed by atoms with E-state index < -0.39 is 0 Å². The van der Waals surface area contributed by atoms with Crippen LogP contribution in [0, 0.1) is 20.8 Å². The van der Waals surface area contributed by atoms with E-state index in [1.54, 1.807) is 0 Å². The molecule has 3 rings (SSSR count). The van der Waals surface area contributed by atoms with Crippen molar-refractivity contribution in [3.63, 3.8) is 0 Å². The van der Waals surface area contributed by atoms with Crippen molar-refractivity contribution < 1.29 is 9.31 Å². The molecule has 90 valence electrons. The molecule has 1 heterocycles. The van der Waals surface area contributed by atoms with E-state index in [4.69, 9.17) is 9.31 Å². The Morgan fingerprint density at radius 1 is 0.833 bits per heavy atom. The summed E-state index contributed by atoms with van der Waals surface area (Å²) in [4.78, 5) is 0. The number of hydrogen-bond donors (Lipinski definition) is 0. The molecule has 1 aliphatic rings. The molecule has 0 N–H and O–H groups in total. The molecule has 0 atom stereocenters. The van der Waals surface area contributed by atoms with Crippen LogP contribution in [0.1, 0.15) is 16.7 Å². The lowest BCUT2D eigenvalue weighted by atomic mass is 9.73. The molecule has 3 heteroatoms. The zero-order chi connectivity index (χ0) is 12.7. The van der Waals surface area contributed by atoms with Crippen molar-refractivity contribution in [1.29, 1.82) is 0 Å². The molecule has 0 saturated carbocycles. The molecule has 0 aliphatic carbocycles. The number of para-hydroxylation sites is 2. The van der Waals surface area contributed by atoms with Crippen LogP contribution in [0.5, 0.6) is 11.5 Å². The van der Waals surface area contributed by atoms with E-state index in [0.29, 0.717) is 0 Å². The average Bonchev–Trinajstić information content (AvgIpc) is 2.70. The van der Waals surface area contributed by atoms with Gasteiger partial charge in [-0.25, -0.2) is 0 Å². The van der Waals surface area contributed by atoms with Gasteiger partial charge in [0, 0.05) is 5.46 Å². The van der Waals surface area contributed by atoms with Gasteiger partial charge in [-0.15, -0.1) is 0 Å². The van der Waals surface area contributed by atoms with Gasteiger partial charge in [0.2, 0.25) is 0 Å². The molecule has 18 heavy (non-hydrogen) atoms. The fourth-order valence-corrected chi connectivity index (χ4v) is 2.58. The fourth-order valence-electron chi connectivity index (χ4n) is 2.58. The van der Waals surface area contributed by atoms with Crippen LogP contribution in [0.2, 0.25) is 0 Å². The molecule has 0 aromatic heterocycles. The van der Waals surface area contributed by atoms with Crippen LogP contribution < -0.4 is 14.8 Å². The van der Waals surface area contributed by atoms with Crippen LogP contribution in [0.3, 0.4) is 0 Å². The Bertz CT molecular complexity index is 559. The van der Waals surface area contributed by atoms with Gasteiger partial charge in [0.25, 0.3) is 0 Å². The average molecular weight is 238 g/mol. The molecular formula is C15H15BO2. The second kappa shape index (κ2) is 4.09. The van der Waals surface area contributed by atoms with Gasteiger partial charge in [-0.1, -0.05) is 29.8 Å². The largest absolute Gasteiger partial charge is 0.633 e. The number of fused-ring (bicyclic) bond motifs is 1. The van der Waals surface area contributed by atoms with Crippen LogP contribution in [-0.4, -0.2) is 7.12 Å². The number of rotatable bonds is 1. The Morgan fingerprint density at radius 2 is 1.33 bits per heavy atom. The lowest BCUT2D eigenvalue weighted by Crippen LogP contribution is -2.42. The molecule has 0 unspecified atom stereocenters. The first-order chi connectivity index (χ1) is 8.65. The van der Waals surface area contributed by atoms with Crippen LogP contribution in [-0.2, 0) is 0 Å². The molecule has 0 bridgehead atoms. The van der Waals surface area contributed by atoms with Crippen molar-refractivity contribution in [3.8, 4) is 11.5 Å². The third-order valence-corrected chi connectivity index (χ3v) is 3.29. The highest BCUT2D eigenvalue weighted by atomic mass is 16.6. The summed E-state index contributed by atoms with van der Waals surface area (Å²) in [5.41, 5.74) is 4.83. The maximum atomic E-state index is 5.87. The highest BCUT2D eigenvalue weighted by Gasteiger charge is 2.36. The second-order valence-corrected chi connectivity index (χ2v) is 4.83. The fraction of sp³-hybridized carbons (Fsp3) is 0.200. The van der Waals surface area contributed by atoms with E-state index in [1.165, 1.54) is 16.7 Å². The summed E-state index contributed by atoms with van der Waals surface area (Å²) in [6.45, 7) is 6.31. The Balaban J connectivity index is 2.00. The van der Waals surface area contributed by atoms with E-state index in [2.05, 4.69) is 32.9 Å². The Kier molecular flexibility index (Phi) is 2.55. The van der Waals surface area contributed by atoms with Gasteiger partial charge in [-0.05, 0) is 44.0 Å². The SMILES string of the molecule is Cc1cc(C)c(B2Oc3ccccc3O2)c(C)c1. The quantitative estimate of drug-likeness (QED) is 0.711. The predicted molar refractivity (Wildman–Crippen MR) is 73.7 cm³/mol. The van der Waals surface area contributed by atoms with Gasteiger partial charge in [-0.3, -0.25) is 0 Å². The Hall–Kier alpha value is -1.90. The molecular weight excluding hydrogens is 223 g/mol. The van der Waals surface area contributed by atoms with E-state index in [9.17, 15) is 0 Å². The third kappa shape index (κ3) is 1.76. The molecule has 0 saturated heterocycles. The normalized spacial score (nSPS) is 12.9. The van der Waals surface area contributed by atoms with E-state index in [1.807, 2.05) is 24.3 Å². The summed E-state index contributed by atoms with van der Waals surface area (Å²) in [6, 6.07) is 12.1. The Morgan fingerprint density at radius 3 is 1.83 bits per heavy atom. The minimum atomic E-state index is -0.317. The van der Waals surface area contributed by atoms with Crippen molar-refractivity contribution in [2.24, 2.45) is 0 Å². The maximum absolute atomic E-state index is 5.87. The predicted octanol–water partition coefficient (Wildman–Crippen LogP) is 2.78. The smallest absolute Gasteiger partial charge is 0.519 e. The van der Waals surface area contributed by atoms with Gasteiger partial charge in [0.05, 0.1) is 0 Å². The number of benzene rings is 2. The van der Waals surface area contributed by atoms with Crippen molar-refractivity contribution in [2.75, 3.05) is 0 Å². The molecule has 0 radical (unpaired) electrons. The minimum absolute atomic E-state index is 0.317. The summed E-state index contributed by atoms with van der Waals surface area (Å²) < 4.78 is 11.7. The van der Waals surface area contributed by atoms with Gasteiger partial charge in [-0.2, -0.15) is 0 Å². The van der Waals surface area contributed by atoms with E-state index >= 15 is 0 Å². The standard InChI is InChI=1S/C15H15BO2/c1-10-8-11(2)15(12(3)9-10)16-17-13-6-4-5-7-14(13)18-16/h4-9H,1-3H3. The van der Waals surface area contributed by atoms with Crippen molar-refractivity contribution in [3.05, 3.63) is 53.1 Å². The van der Waals surface area contributed by atoms with Gasteiger partial charge in [0.15, 0.2) is 0 Å². The Labute approximate surface area is 108 Å². The van der Waals surface area contributed by atoms with Crippen LogP contribution in [0.15, 0.2) is 36.4 Å². The molecule has 1 aliphatic heterocycles. The highest BCUT2D eigenvalue weighted by Crippen LogP contribution is 2.32. The topological polar surface area (TPSA) is 18.5 Å². The summed E-state index contributed by atoms with van der Waals surface area (Å²) in [7, 11) is -0.317. The zero-order valence-corrected chi connectivity index (χ0v) is 10.9. The second-order valence-electron chi connectivity index (χ2n) is 4.83. The van der Waals surface area contributed by atoms with E-state index in [-0.39, 0.29) is 7.12 Å². The monoisotopic (exact) mass is 238 g/mol. The summed E-state index contributed by atoms with van der Waals surface area (Å²) in [5, 5.41) is 0. The first-order valence-electron chi connectivity index (χ1n) is 6.15. The molecule has 0 spiro atoms. The van der Waals surface area contributed by atoms with Crippen LogP contribution in [0.25, 0.3) is 0 Å². The van der Waals surface area contributed by atoms with Crippen LogP contribution in [0.4, 0.5) is 0 Å². The number of hydrogen-bond acceptors (Lipinski definition) is 2. The molecule has 2 aromatic carbocycles. The van der Waals surface area contributed by atoms with Gasteiger partial charge < -0.3 is 9.31 Å². The maximum Gasteiger partial charge on any atom is 0.633 e. The summed E-state index contributed by atoms with van der Waals surface area (Å²) in [5.74, 6) is 1.64. The molecule has 0 fully saturated rings. The third-order valence-electron chi connectivity index (χ3n) is 3.29. The van der Waals surface area contributed by atoms with Crippen molar-refractivity contribution >= 4 is 12.6 Å². The lowest BCUT2D eigenvalue weighted by molar-refractivity contribution is 0.518. The summed E-state index contributed by atoms with van der Waals surface area (Å²) >= 11 is 0. The minimum Gasteiger partial charge on any atom is -0.519 e. The lowest BCUT2D eigenvalue weighted by Gasteiger charge is -2.12. The zero-order valence-electron chi connectivity index (χ0n) is 10.9. The molecule has 2 nitrogen and oxygen atoms in total. The number of aryl methyl sites for hydroxylation is 3.